The van der Waals surface area contributed by atoms with Gasteiger partial charge in [0.1, 0.15) is 11.8 Å². The predicted octanol–water partition coefficient (Wildman–Crippen LogP) is 0.176. The molecule has 1 heterocycles. The van der Waals surface area contributed by atoms with Crippen LogP contribution in [-0.2, 0) is 14.2 Å². The van der Waals surface area contributed by atoms with E-state index in [1.54, 1.807) is 7.11 Å². The van der Waals surface area contributed by atoms with E-state index >= 15 is 0 Å². The molecule has 1 aliphatic rings. The molecule has 1 atom stereocenters. The van der Waals surface area contributed by atoms with E-state index in [1.807, 2.05) is 0 Å². The van der Waals surface area contributed by atoms with Crippen LogP contribution in [0.4, 0.5) is 0 Å². The van der Waals surface area contributed by atoms with E-state index < -0.39 is 0 Å². The summed E-state index contributed by atoms with van der Waals surface area (Å²) in [6.07, 6.45) is 4.19. The number of hydrogen-bond acceptors (Lipinski definition) is 5. The van der Waals surface area contributed by atoms with E-state index in [2.05, 4.69) is 11.5 Å². The molecule has 0 amide bonds. The van der Waals surface area contributed by atoms with Gasteiger partial charge < -0.3 is 14.2 Å². The van der Waals surface area contributed by atoms with Gasteiger partial charge in [-0.1, -0.05) is 0 Å². The second-order valence-corrected chi connectivity index (χ2v) is 3.38. The molecule has 0 saturated heterocycles. The molecule has 0 spiro atoms. The minimum Gasteiger partial charge on any atom is -0.496 e. The molecule has 88 valence electrons. The van der Waals surface area contributed by atoms with Gasteiger partial charge in [0.05, 0.1) is 26.4 Å². The van der Waals surface area contributed by atoms with Crippen LogP contribution >= 0.6 is 0 Å². The minimum atomic E-state index is -0.0536. The third kappa shape index (κ3) is 4.61. The number of rotatable bonds is 7. The predicted molar refractivity (Wildman–Crippen MR) is 57.1 cm³/mol. The molecule has 0 fully saturated rings. The summed E-state index contributed by atoms with van der Waals surface area (Å²) in [7, 11) is 1.65. The average Bonchev–Trinajstić information content (AvgIpc) is 2.30. The Kier molecular flexibility index (Phi) is 6.34. The summed E-state index contributed by atoms with van der Waals surface area (Å²) >= 11 is 0. The van der Waals surface area contributed by atoms with Crippen molar-refractivity contribution in [1.29, 1.82) is 0 Å². The summed E-state index contributed by atoms with van der Waals surface area (Å²) < 4.78 is 15.8. The van der Waals surface area contributed by atoms with Gasteiger partial charge in [-0.15, -0.1) is 0 Å². The van der Waals surface area contributed by atoms with Crippen LogP contribution in [0.15, 0.2) is 11.8 Å². The second-order valence-electron chi connectivity index (χ2n) is 3.38. The van der Waals surface area contributed by atoms with Crippen molar-refractivity contribution in [2.75, 3.05) is 33.5 Å². The number of ether oxygens (including phenoxy) is 3. The summed E-state index contributed by atoms with van der Waals surface area (Å²) in [5.74, 6) is 6.33. The average molecular weight is 216 g/mol. The molecule has 0 radical (unpaired) electrons. The Labute approximate surface area is 90.5 Å². The molecule has 15 heavy (non-hydrogen) atoms. The number of hydrazine groups is 1. The number of methoxy groups -OCH3 is 1. The Bertz CT molecular complexity index is 197. The van der Waals surface area contributed by atoms with Crippen molar-refractivity contribution in [2.24, 2.45) is 5.84 Å². The van der Waals surface area contributed by atoms with Crippen LogP contribution in [0.1, 0.15) is 12.8 Å². The van der Waals surface area contributed by atoms with E-state index in [-0.39, 0.29) is 6.04 Å². The van der Waals surface area contributed by atoms with Crippen LogP contribution in [0.5, 0.6) is 0 Å². The Morgan fingerprint density at radius 1 is 1.60 bits per heavy atom. The van der Waals surface area contributed by atoms with Gasteiger partial charge in [-0.25, -0.2) is 5.43 Å². The highest BCUT2D eigenvalue weighted by Gasteiger charge is 2.16. The van der Waals surface area contributed by atoms with Crippen molar-refractivity contribution >= 4 is 0 Å². The maximum absolute atomic E-state index is 5.50. The first-order valence-electron chi connectivity index (χ1n) is 5.24. The van der Waals surface area contributed by atoms with Crippen molar-refractivity contribution in [3.8, 4) is 0 Å². The van der Waals surface area contributed by atoms with Crippen molar-refractivity contribution in [2.45, 2.75) is 18.9 Å². The van der Waals surface area contributed by atoms with Gasteiger partial charge in [0.15, 0.2) is 0 Å². The molecule has 0 saturated carbocycles. The summed E-state index contributed by atoms with van der Waals surface area (Å²) in [4.78, 5) is 0. The van der Waals surface area contributed by atoms with Crippen LogP contribution in [0.2, 0.25) is 0 Å². The molecule has 0 aromatic rings. The van der Waals surface area contributed by atoms with Gasteiger partial charge in [-0.05, 0) is 18.9 Å². The number of nitrogens with two attached hydrogens (primary N) is 1. The Morgan fingerprint density at radius 3 is 3.07 bits per heavy atom. The molecule has 1 aliphatic heterocycles. The monoisotopic (exact) mass is 216 g/mol. The first-order valence-corrected chi connectivity index (χ1v) is 5.24. The van der Waals surface area contributed by atoms with E-state index in [9.17, 15) is 0 Å². The molecule has 1 unspecified atom stereocenters. The van der Waals surface area contributed by atoms with Crippen LogP contribution < -0.4 is 11.3 Å². The van der Waals surface area contributed by atoms with Crippen molar-refractivity contribution in [1.82, 2.24) is 5.43 Å². The fourth-order valence-corrected chi connectivity index (χ4v) is 1.38. The van der Waals surface area contributed by atoms with Crippen LogP contribution in [0.3, 0.4) is 0 Å². The maximum atomic E-state index is 5.50. The molecule has 5 heteroatoms. The highest BCUT2D eigenvalue weighted by atomic mass is 16.5. The largest absolute Gasteiger partial charge is 0.496 e. The minimum absolute atomic E-state index is 0.0536. The molecule has 1 rings (SSSR count). The number of nitrogens with one attached hydrogen (secondary N) is 1. The van der Waals surface area contributed by atoms with Gasteiger partial charge in [0.2, 0.25) is 0 Å². The highest BCUT2D eigenvalue weighted by molar-refractivity contribution is 5.04. The lowest BCUT2D eigenvalue weighted by atomic mass is 10.1. The summed E-state index contributed by atoms with van der Waals surface area (Å²) in [5, 5.41) is 0. The third-order valence-electron chi connectivity index (χ3n) is 2.22. The van der Waals surface area contributed by atoms with Gasteiger partial charge in [-0.2, -0.15) is 0 Å². The zero-order valence-electron chi connectivity index (χ0n) is 9.20. The number of hydrogen-bond donors (Lipinski definition) is 2. The van der Waals surface area contributed by atoms with E-state index in [1.165, 1.54) is 0 Å². The molecule has 5 nitrogen and oxygen atoms in total. The highest BCUT2D eigenvalue weighted by Crippen LogP contribution is 2.13. The molecule has 0 aromatic heterocycles. The van der Waals surface area contributed by atoms with Gasteiger partial charge >= 0.3 is 0 Å². The fraction of sp³-hybridized carbons (Fsp3) is 0.800. The first kappa shape index (κ1) is 12.4. The van der Waals surface area contributed by atoms with Crippen LogP contribution in [0, 0.1) is 0 Å². The second kappa shape index (κ2) is 7.64. The maximum Gasteiger partial charge on any atom is 0.113 e. The van der Waals surface area contributed by atoms with E-state index in [4.69, 9.17) is 20.1 Å². The molecule has 0 aromatic carbocycles. The van der Waals surface area contributed by atoms with E-state index in [0.717, 1.165) is 25.2 Å². The van der Waals surface area contributed by atoms with Crippen LogP contribution in [0.25, 0.3) is 0 Å². The lowest BCUT2D eigenvalue weighted by Crippen LogP contribution is -2.41. The summed E-state index contributed by atoms with van der Waals surface area (Å²) in [6.45, 7) is 2.44. The molecule has 0 aliphatic carbocycles. The van der Waals surface area contributed by atoms with Gasteiger partial charge in [-0.3, -0.25) is 5.84 Å². The Balaban J connectivity index is 2.25. The SMILES string of the molecule is COCCOCC(NN)C1=CCCCO1. The Hall–Kier alpha value is -0.620. The fourth-order valence-electron chi connectivity index (χ4n) is 1.38. The molecular weight excluding hydrogens is 196 g/mol. The standard InChI is InChI=1S/C10H20N2O3/c1-13-6-7-14-8-9(12-11)10-4-2-3-5-15-10/h4,9,12H,2-3,5-8,11H2,1H3. The normalized spacial score (nSPS) is 18.1. The molecular formula is C10H20N2O3. The Morgan fingerprint density at radius 2 is 2.47 bits per heavy atom. The summed E-state index contributed by atoms with van der Waals surface area (Å²) in [6, 6.07) is -0.0536. The van der Waals surface area contributed by atoms with Crippen LogP contribution in [-0.4, -0.2) is 39.6 Å². The van der Waals surface area contributed by atoms with Crippen molar-refractivity contribution in [3.63, 3.8) is 0 Å². The zero-order chi connectivity index (χ0) is 10.9. The van der Waals surface area contributed by atoms with Gasteiger partial charge in [0.25, 0.3) is 0 Å². The lowest BCUT2D eigenvalue weighted by molar-refractivity contribution is 0.0504. The van der Waals surface area contributed by atoms with E-state index in [0.29, 0.717) is 19.8 Å². The molecule has 3 N–H and O–H groups in total. The summed E-state index contributed by atoms with van der Waals surface area (Å²) in [5.41, 5.74) is 2.69. The third-order valence-corrected chi connectivity index (χ3v) is 2.22. The van der Waals surface area contributed by atoms with Gasteiger partial charge in [0, 0.05) is 7.11 Å². The first-order chi connectivity index (χ1) is 7.38. The lowest BCUT2D eigenvalue weighted by Gasteiger charge is -2.22. The van der Waals surface area contributed by atoms with Crippen molar-refractivity contribution < 1.29 is 14.2 Å². The number of allylic oxidation sites excluding steroid dienone is 1. The van der Waals surface area contributed by atoms with Crippen molar-refractivity contribution in [3.05, 3.63) is 11.8 Å². The smallest absolute Gasteiger partial charge is 0.113 e. The topological polar surface area (TPSA) is 65.7 Å². The molecule has 0 bridgehead atoms. The zero-order valence-corrected chi connectivity index (χ0v) is 9.20. The quantitative estimate of drug-likeness (QED) is 0.361.